The molecule has 4 nitrogen and oxygen atoms in total. The lowest BCUT2D eigenvalue weighted by molar-refractivity contribution is 0.567. The SMILES string of the molecule is Cc1cc(Cc2cc(F)c(Sc3ccncc3)cc2F)nc(N)n1. The minimum Gasteiger partial charge on any atom is -0.368 e. The highest BCUT2D eigenvalue weighted by atomic mass is 32.2. The van der Waals surface area contributed by atoms with Crippen LogP contribution in [0.1, 0.15) is 17.0 Å². The van der Waals surface area contributed by atoms with E-state index in [4.69, 9.17) is 5.73 Å². The van der Waals surface area contributed by atoms with Gasteiger partial charge < -0.3 is 5.73 Å². The predicted octanol–water partition coefficient (Wildman–Crippen LogP) is 3.78. The molecule has 0 aliphatic heterocycles. The second-order valence-corrected chi connectivity index (χ2v) is 6.31. The minimum atomic E-state index is -0.484. The van der Waals surface area contributed by atoms with Crippen LogP contribution in [0, 0.1) is 18.6 Å². The third-order valence-electron chi connectivity index (χ3n) is 3.27. The van der Waals surface area contributed by atoms with E-state index >= 15 is 0 Å². The van der Waals surface area contributed by atoms with Gasteiger partial charge in [0.2, 0.25) is 5.95 Å². The van der Waals surface area contributed by atoms with Crippen molar-refractivity contribution >= 4 is 17.7 Å². The Hall–Kier alpha value is -2.54. The van der Waals surface area contributed by atoms with Crippen molar-refractivity contribution in [3.05, 3.63) is 71.3 Å². The zero-order chi connectivity index (χ0) is 17.1. The maximum absolute atomic E-state index is 14.4. The quantitative estimate of drug-likeness (QED) is 0.780. The Morgan fingerprint density at radius 3 is 2.50 bits per heavy atom. The number of nitrogens with two attached hydrogens (primary N) is 1. The molecule has 0 radical (unpaired) electrons. The number of halogens is 2. The number of rotatable bonds is 4. The summed E-state index contributed by atoms with van der Waals surface area (Å²) in [6.07, 6.45) is 3.36. The molecule has 0 unspecified atom stereocenters. The fraction of sp³-hybridized carbons (Fsp3) is 0.118. The molecule has 0 spiro atoms. The molecule has 0 saturated heterocycles. The van der Waals surface area contributed by atoms with Gasteiger partial charge in [0.15, 0.2) is 0 Å². The van der Waals surface area contributed by atoms with Crippen LogP contribution in [-0.4, -0.2) is 15.0 Å². The van der Waals surface area contributed by atoms with E-state index in [0.29, 0.717) is 11.4 Å². The van der Waals surface area contributed by atoms with Gasteiger partial charge in [-0.25, -0.2) is 18.7 Å². The van der Waals surface area contributed by atoms with E-state index in [2.05, 4.69) is 15.0 Å². The van der Waals surface area contributed by atoms with Crippen LogP contribution < -0.4 is 5.73 Å². The van der Waals surface area contributed by atoms with Crippen molar-refractivity contribution in [3.8, 4) is 0 Å². The van der Waals surface area contributed by atoms with Gasteiger partial charge in [-0.05, 0) is 42.8 Å². The predicted molar refractivity (Wildman–Crippen MR) is 88.7 cm³/mol. The average Bonchev–Trinajstić information content (AvgIpc) is 2.52. The second-order valence-electron chi connectivity index (χ2n) is 5.19. The number of anilines is 1. The fourth-order valence-corrected chi connectivity index (χ4v) is 3.09. The van der Waals surface area contributed by atoms with Crippen LogP contribution in [0.15, 0.2) is 52.5 Å². The molecule has 122 valence electrons. The summed E-state index contributed by atoms with van der Waals surface area (Å²) in [5, 5.41) is 0. The summed E-state index contributed by atoms with van der Waals surface area (Å²) in [5.41, 5.74) is 7.05. The highest BCUT2D eigenvalue weighted by Crippen LogP contribution is 2.31. The summed E-state index contributed by atoms with van der Waals surface area (Å²) < 4.78 is 28.7. The molecule has 0 bridgehead atoms. The lowest BCUT2D eigenvalue weighted by atomic mass is 10.1. The van der Waals surface area contributed by atoms with Gasteiger partial charge in [0.05, 0.1) is 10.6 Å². The minimum absolute atomic E-state index is 0.121. The Bertz CT molecular complexity index is 852. The summed E-state index contributed by atoms with van der Waals surface area (Å²) in [6.45, 7) is 1.77. The van der Waals surface area contributed by atoms with Crippen molar-refractivity contribution < 1.29 is 8.78 Å². The maximum atomic E-state index is 14.4. The monoisotopic (exact) mass is 344 g/mol. The van der Waals surface area contributed by atoms with E-state index in [1.54, 1.807) is 37.5 Å². The zero-order valence-corrected chi connectivity index (χ0v) is 13.6. The first-order chi connectivity index (χ1) is 11.5. The van der Waals surface area contributed by atoms with Gasteiger partial charge >= 0.3 is 0 Å². The number of hydrogen-bond acceptors (Lipinski definition) is 5. The molecule has 0 amide bonds. The van der Waals surface area contributed by atoms with Crippen molar-refractivity contribution in [3.63, 3.8) is 0 Å². The van der Waals surface area contributed by atoms with Gasteiger partial charge in [0, 0.05) is 29.4 Å². The highest BCUT2D eigenvalue weighted by molar-refractivity contribution is 7.99. The molecular weight excluding hydrogens is 330 g/mol. The number of nitrogens with zero attached hydrogens (tertiary/aromatic N) is 3. The van der Waals surface area contributed by atoms with E-state index in [9.17, 15) is 8.78 Å². The molecule has 0 aliphatic rings. The van der Waals surface area contributed by atoms with Gasteiger partial charge in [-0.1, -0.05) is 11.8 Å². The lowest BCUT2D eigenvalue weighted by Gasteiger charge is -2.08. The van der Waals surface area contributed by atoms with E-state index < -0.39 is 11.6 Å². The summed E-state index contributed by atoms with van der Waals surface area (Å²) >= 11 is 1.15. The third-order valence-corrected chi connectivity index (χ3v) is 4.32. The highest BCUT2D eigenvalue weighted by Gasteiger charge is 2.13. The molecule has 0 atom stereocenters. The lowest BCUT2D eigenvalue weighted by Crippen LogP contribution is -2.03. The molecule has 2 heterocycles. The van der Waals surface area contributed by atoms with Crippen LogP contribution in [0.3, 0.4) is 0 Å². The van der Waals surface area contributed by atoms with Crippen LogP contribution in [0.4, 0.5) is 14.7 Å². The molecule has 0 saturated carbocycles. The number of hydrogen-bond donors (Lipinski definition) is 1. The normalized spacial score (nSPS) is 10.8. The number of aryl methyl sites for hydroxylation is 1. The number of aromatic nitrogens is 3. The fourth-order valence-electron chi connectivity index (χ4n) is 2.26. The molecular formula is C17H14F2N4S. The van der Waals surface area contributed by atoms with E-state index in [-0.39, 0.29) is 22.8 Å². The Morgan fingerprint density at radius 2 is 1.79 bits per heavy atom. The van der Waals surface area contributed by atoms with Gasteiger partial charge in [-0.2, -0.15) is 0 Å². The second kappa shape index (κ2) is 6.92. The van der Waals surface area contributed by atoms with Gasteiger partial charge in [-0.3, -0.25) is 4.98 Å². The molecule has 0 aliphatic carbocycles. The topological polar surface area (TPSA) is 64.7 Å². The van der Waals surface area contributed by atoms with Crippen molar-refractivity contribution in [2.24, 2.45) is 0 Å². The summed E-state index contributed by atoms with van der Waals surface area (Å²) in [6, 6.07) is 7.58. The molecule has 0 fully saturated rings. The van der Waals surface area contributed by atoms with Crippen LogP contribution in [0.25, 0.3) is 0 Å². The van der Waals surface area contributed by atoms with Crippen LogP contribution in [-0.2, 0) is 6.42 Å². The van der Waals surface area contributed by atoms with Crippen molar-refractivity contribution in [1.82, 2.24) is 15.0 Å². The van der Waals surface area contributed by atoms with Crippen molar-refractivity contribution in [2.75, 3.05) is 5.73 Å². The van der Waals surface area contributed by atoms with E-state index in [0.717, 1.165) is 16.7 Å². The van der Waals surface area contributed by atoms with Gasteiger partial charge in [0.25, 0.3) is 0 Å². The Labute approximate surface area is 142 Å². The summed E-state index contributed by atoms with van der Waals surface area (Å²) in [7, 11) is 0. The molecule has 3 aromatic rings. The number of pyridine rings is 1. The van der Waals surface area contributed by atoms with Crippen LogP contribution in [0.2, 0.25) is 0 Å². The largest absolute Gasteiger partial charge is 0.368 e. The van der Waals surface area contributed by atoms with Crippen LogP contribution >= 0.6 is 11.8 Å². The van der Waals surface area contributed by atoms with E-state index in [1.165, 1.54) is 12.1 Å². The van der Waals surface area contributed by atoms with Crippen molar-refractivity contribution in [1.29, 1.82) is 0 Å². The van der Waals surface area contributed by atoms with Gasteiger partial charge in [-0.15, -0.1) is 0 Å². The summed E-state index contributed by atoms with van der Waals surface area (Å²) in [5.74, 6) is -0.842. The number of benzene rings is 1. The molecule has 2 aromatic heterocycles. The Kier molecular flexibility index (Phi) is 4.71. The third kappa shape index (κ3) is 3.86. The zero-order valence-electron chi connectivity index (χ0n) is 12.8. The smallest absolute Gasteiger partial charge is 0.220 e. The Morgan fingerprint density at radius 1 is 1.04 bits per heavy atom. The van der Waals surface area contributed by atoms with Crippen LogP contribution in [0.5, 0.6) is 0 Å². The molecule has 24 heavy (non-hydrogen) atoms. The van der Waals surface area contributed by atoms with Crippen molar-refractivity contribution in [2.45, 2.75) is 23.1 Å². The average molecular weight is 344 g/mol. The Balaban J connectivity index is 1.87. The molecule has 2 N–H and O–H groups in total. The first-order valence-electron chi connectivity index (χ1n) is 7.17. The van der Waals surface area contributed by atoms with E-state index in [1.807, 2.05) is 0 Å². The first-order valence-corrected chi connectivity index (χ1v) is 7.99. The molecule has 3 rings (SSSR count). The molecule has 7 heteroatoms. The standard InChI is InChI=1S/C17H14F2N4S/c1-10-6-12(23-17(20)22-10)7-11-8-15(19)16(9-14(11)18)24-13-2-4-21-5-3-13/h2-6,8-9H,7H2,1H3,(H2,20,22,23). The maximum Gasteiger partial charge on any atom is 0.220 e. The molecule has 1 aromatic carbocycles. The first kappa shape index (κ1) is 16.3. The van der Waals surface area contributed by atoms with Gasteiger partial charge in [0.1, 0.15) is 11.6 Å². The summed E-state index contributed by atoms with van der Waals surface area (Å²) in [4.78, 5) is 12.9. The number of nitrogen functional groups attached to an aromatic ring is 1.